The molecule has 0 radical (unpaired) electrons. The quantitative estimate of drug-likeness (QED) is 0.858. The predicted octanol–water partition coefficient (Wildman–Crippen LogP) is 3.14. The van der Waals surface area contributed by atoms with Gasteiger partial charge in [0.05, 0.1) is 9.88 Å². The number of aliphatic carboxylic acids is 1. The van der Waals surface area contributed by atoms with Gasteiger partial charge in [-0.3, -0.25) is 9.59 Å². The molecule has 0 spiro atoms. The Bertz CT molecular complexity index is 880. The monoisotopic (exact) mass is 376 g/mol. The van der Waals surface area contributed by atoms with Crippen LogP contribution in [0.3, 0.4) is 0 Å². The number of amides is 2. The number of likely N-dealkylation sites (tertiary alicyclic amines) is 1. The van der Waals surface area contributed by atoms with Crippen LogP contribution in [-0.2, 0) is 4.79 Å². The van der Waals surface area contributed by atoms with Gasteiger partial charge in [0, 0.05) is 12.1 Å². The number of carbonyl (C=O) groups is 3. The van der Waals surface area contributed by atoms with Crippen LogP contribution in [0, 0.1) is 12.7 Å². The van der Waals surface area contributed by atoms with E-state index in [1.807, 2.05) is 0 Å². The SMILES string of the molecule is Cc1cc(NC(=O)c2cccc(F)c2)sc1C(=O)N1CCC[C@@H]1C(=O)O. The van der Waals surface area contributed by atoms with Gasteiger partial charge in [0.25, 0.3) is 11.8 Å². The average Bonchev–Trinajstić information content (AvgIpc) is 3.21. The van der Waals surface area contributed by atoms with Gasteiger partial charge in [-0.05, 0) is 49.6 Å². The minimum Gasteiger partial charge on any atom is -0.480 e. The van der Waals surface area contributed by atoms with Crippen molar-refractivity contribution in [3.63, 3.8) is 0 Å². The lowest BCUT2D eigenvalue weighted by atomic mass is 10.2. The van der Waals surface area contributed by atoms with E-state index in [2.05, 4.69) is 5.32 Å². The molecule has 1 saturated heterocycles. The Labute approximate surface area is 153 Å². The molecule has 1 aliphatic heterocycles. The molecule has 2 N–H and O–H groups in total. The summed E-state index contributed by atoms with van der Waals surface area (Å²) in [5, 5.41) is 12.3. The van der Waals surface area contributed by atoms with E-state index < -0.39 is 23.7 Å². The fourth-order valence-corrected chi connectivity index (χ4v) is 3.99. The number of benzene rings is 1. The molecule has 1 aromatic carbocycles. The summed E-state index contributed by atoms with van der Waals surface area (Å²) in [5.74, 6) is -2.34. The lowest BCUT2D eigenvalue weighted by Crippen LogP contribution is -2.40. The Kier molecular flexibility index (Phi) is 5.03. The summed E-state index contributed by atoms with van der Waals surface area (Å²) in [7, 11) is 0. The van der Waals surface area contributed by atoms with E-state index >= 15 is 0 Å². The van der Waals surface area contributed by atoms with E-state index in [-0.39, 0.29) is 11.5 Å². The summed E-state index contributed by atoms with van der Waals surface area (Å²) >= 11 is 1.09. The second-order valence-electron chi connectivity index (χ2n) is 6.08. The van der Waals surface area contributed by atoms with Gasteiger partial charge in [0.2, 0.25) is 0 Å². The zero-order valence-corrected chi connectivity index (χ0v) is 14.8. The molecular weight excluding hydrogens is 359 g/mol. The van der Waals surface area contributed by atoms with Crippen molar-refractivity contribution in [3.8, 4) is 0 Å². The molecule has 1 aliphatic rings. The van der Waals surface area contributed by atoms with E-state index in [4.69, 9.17) is 0 Å². The van der Waals surface area contributed by atoms with Gasteiger partial charge in [-0.15, -0.1) is 11.3 Å². The summed E-state index contributed by atoms with van der Waals surface area (Å²) in [6.07, 6.45) is 1.09. The van der Waals surface area contributed by atoms with Gasteiger partial charge < -0.3 is 15.3 Å². The maximum atomic E-state index is 13.2. The molecule has 1 aromatic heterocycles. The number of nitrogens with zero attached hydrogens (tertiary/aromatic N) is 1. The third-order valence-corrected chi connectivity index (χ3v) is 5.37. The van der Waals surface area contributed by atoms with Gasteiger partial charge in [-0.2, -0.15) is 0 Å². The highest BCUT2D eigenvalue weighted by Gasteiger charge is 2.35. The van der Waals surface area contributed by atoms with Crippen molar-refractivity contribution in [2.75, 3.05) is 11.9 Å². The van der Waals surface area contributed by atoms with Crippen LogP contribution >= 0.6 is 11.3 Å². The van der Waals surface area contributed by atoms with Crippen molar-refractivity contribution < 1.29 is 23.9 Å². The summed E-state index contributed by atoms with van der Waals surface area (Å²) < 4.78 is 13.2. The van der Waals surface area contributed by atoms with Crippen molar-refractivity contribution in [1.82, 2.24) is 4.90 Å². The molecule has 8 heteroatoms. The van der Waals surface area contributed by atoms with Gasteiger partial charge in [0.1, 0.15) is 11.9 Å². The molecule has 1 fully saturated rings. The second-order valence-corrected chi connectivity index (χ2v) is 7.13. The predicted molar refractivity (Wildman–Crippen MR) is 95.1 cm³/mol. The highest BCUT2D eigenvalue weighted by Crippen LogP contribution is 2.30. The molecule has 2 amide bonds. The molecule has 3 rings (SSSR count). The molecular formula is C18H17FN2O4S. The molecule has 6 nitrogen and oxygen atoms in total. The first-order chi connectivity index (χ1) is 12.4. The highest BCUT2D eigenvalue weighted by molar-refractivity contribution is 7.18. The number of carbonyl (C=O) groups excluding carboxylic acids is 2. The van der Waals surface area contributed by atoms with E-state index in [0.717, 1.165) is 17.4 Å². The summed E-state index contributed by atoms with van der Waals surface area (Å²) in [6.45, 7) is 2.13. The van der Waals surface area contributed by atoms with E-state index in [1.54, 1.807) is 13.0 Å². The molecule has 0 saturated carbocycles. The molecule has 2 aromatic rings. The Morgan fingerprint density at radius 2 is 2.08 bits per heavy atom. The summed E-state index contributed by atoms with van der Waals surface area (Å²) in [6, 6.07) is 6.15. The van der Waals surface area contributed by atoms with Crippen LogP contribution in [0.1, 0.15) is 38.4 Å². The lowest BCUT2D eigenvalue weighted by molar-refractivity contribution is -0.141. The third-order valence-electron chi connectivity index (χ3n) is 4.23. The molecule has 0 aliphatic carbocycles. The smallest absolute Gasteiger partial charge is 0.326 e. The standard InChI is InChI=1S/C18H17FN2O4S/c1-10-8-14(20-16(22)11-4-2-5-12(19)9-11)26-15(10)17(23)21-7-3-6-13(21)18(24)25/h2,4-5,8-9,13H,3,6-7H2,1H3,(H,20,22)(H,24,25)/t13-/m1/s1. The largest absolute Gasteiger partial charge is 0.480 e. The molecule has 0 unspecified atom stereocenters. The van der Waals surface area contributed by atoms with Crippen molar-refractivity contribution in [2.45, 2.75) is 25.8 Å². The minimum atomic E-state index is -1.01. The van der Waals surface area contributed by atoms with Crippen LogP contribution in [0.5, 0.6) is 0 Å². The van der Waals surface area contributed by atoms with E-state index in [1.165, 1.54) is 23.1 Å². The highest BCUT2D eigenvalue weighted by atomic mass is 32.1. The summed E-state index contributed by atoms with van der Waals surface area (Å²) in [5.41, 5.74) is 0.833. The number of nitrogens with one attached hydrogen (secondary N) is 1. The zero-order valence-electron chi connectivity index (χ0n) is 14.0. The van der Waals surface area contributed by atoms with Crippen LogP contribution < -0.4 is 5.32 Å². The molecule has 0 bridgehead atoms. The second kappa shape index (κ2) is 7.25. The molecule has 26 heavy (non-hydrogen) atoms. The molecule has 2 heterocycles. The Morgan fingerprint density at radius 1 is 1.31 bits per heavy atom. The van der Waals surface area contributed by atoms with Crippen molar-refractivity contribution in [2.24, 2.45) is 0 Å². The van der Waals surface area contributed by atoms with Crippen LogP contribution in [0.2, 0.25) is 0 Å². The molecule has 1 atom stereocenters. The maximum absolute atomic E-state index is 13.2. The number of carboxylic acids is 1. The normalized spacial score (nSPS) is 16.5. The lowest BCUT2D eigenvalue weighted by Gasteiger charge is -2.20. The van der Waals surface area contributed by atoms with Gasteiger partial charge >= 0.3 is 5.97 Å². The third kappa shape index (κ3) is 3.60. The van der Waals surface area contributed by atoms with Gasteiger partial charge in [0.15, 0.2) is 0 Å². The number of hydrogen-bond acceptors (Lipinski definition) is 4. The van der Waals surface area contributed by atoms with Gasteiger partial charge in [-0.1, -0.05) is 6.07 Å². The average molecular weight is 376 g/mol. The first-order valence-electron chi connectivity index (χ1n) is 8.08. The fraction of sp³-hybridized carbons (Fsp3) is 0.278. The van der Waals surface area contributed by atoms with E-state index in [0.29, 0.717) is 34.8 Å². The van der Waals surface area contributed by atoms with Crippen LogP contribution in [0.4, 0.5) is 9.39 Å². The summed E-state index contributed by atoms with van der Waals surface area (Å²) in [4.78, 5) is 38.0. The topological polar surface area (TPSA) is 86.7 Å². The fourth-order valence-electron chi connectivity index (χ4n) is 2.97. The van der Waals surface area contributed by atoms with Crippen LogP contribution in [-0.4, -0.2) is 40.4 Å². The van der Waals surface area contributed by atoms with Crippen LogP contribution in [0.15, 0.2) is 30.3 Å². The first kappa shape index (κ1) is 18.1. The zero-order chi connectivity index (χ0) is 18.8. The van der Waals surface area contributed by atoms with Crippen molar-refractivity contribution in [1.29, 1.82) is 0 Å². The van der Waals surface area contributed by atoms with Crippen molar-refractivity contribution >= 4 is 34.1 Å². The molecule has 136 valence electrons. The number of rotatable bonds is 4. The first-order valence-corrected chi connectivity index (χ1v) is 8.89. The number of anilines is 1. The Balaban J connectivity index is 1.78. The number of carboxylic acid groups (broad SMARTS) is 1. The van der Waals surface area contributed by atoms with Crippen molar-refractivity contribution in [3.05, 3.63) is 52.2 Å². The number of halogens is 1. The number of aryl methyl sites for hydroxylation is 1. The van der Waals surface area contributed by atoms with Gasteiger partial charge in [-0.25, -0.2) is 9.18 Å². The minimum absolute atomic E-state index is 0.175. The Morgan fingerprint density at radius 3 is 2.77 bits per heavy atom. The number of hydrogen-bond donors (Lipinski definition) is 2. The van der Waals surface area contributed by atoms with E-state index in [9.17, 15) is 23.9 Å². The number of thiophene rings is 1. The van der Waals surface area contributed by atoms with Crippen LogP contribution in [0.25, 0.3) is 0 Å². The Hall–Kier alpha value is -2.74. The maximum Gasteiger partial charge on any atom is 0.326 e.